The van der Waals surface area contributed by atoms with Gasteiger partial charge in [-0.15, -0.1) is 0 Å². The fourth-order valence-corrected chi connectivity index (χ4v) is 2.68. The fraction of sp³-hybridized carbons (Fsp3) is 0.0833. The molecule has 5 heteroatoms. The van der Waals surface area contributed by atoms with E-state index in [0.717, 1.165) is 5.69 Å². The lowest BCUT2D eigenvalue weighted by Gasteiger charge is -2.08. The van der Waals surface area contributed by atoms with E-state index in [2.05, 4.69) is 4.98 Å². The van der Waals surface area contributed by atoms with Gasteiger partial charge in [-0.25, -0.2) is 0 Å². The summed E-state index contributed by atoms with van der Waals surface area (Å²) < 4.78 is 0. The van der Waals surface area contributed by atoms with Crippen molar-refractivity contribution in [2.45, 2.75) is 6.92 Å². The fourth-order valence-electron chi connectivity index (χ4n) is 1.64. The molecule has 0 fully saturated rings. The zero-order chi connectivity index (χ0) is 12.6. The van der Waals surface area contributed by atoms with Gasteiger partial charge in [-0.1, -0.05) is 34.8 Å². The van der Waals surface area contributed by atoms with Gasteiger partial charge >= 0.3 is 0 Å². The number of rotatable bonds is 1. The van der Waals surface area contributed by atoms with Gasteiger partial charge < -0.3 is 4.98 Å². The lowest BCUT2D eigenvalue weighted by molar-refractivity contribution is 1.14. The Morgan fingerprint density at radius 2 is 1.59 bits per heavy atom. The van der Waals surface area contributed by atoms with Crippen LogP contribution in [0, 0.1) is 6.92 Å². The monoisotopic (exact) mass is 287 g/mol. The van der Waals surface area contributed by atoms with Gasteiger partial charge in [-0.05, 0) is 30.7 Å². The molecule has 0 aliphatic rings. The maximum atomic E-state index is 11.4. The maximum Gasteiger partial charge on any atom is 0.248 e. The molecule has 0 aliphatic carbocycles. The summed E-state index contributed by atoms with van der Waals surface area (Å²) in [6.45, 7) is 1.79. The van der Waals surface area contributed by atoms with Crippen LogP contribution in [-0.4, -0.2) is 4.98 Å². The highest BCUT2D eigenvalue weighted by Gasteiger charge is 2.11. The Labute approximate surface area is 113 Å². The first kappa shape index (κ1) is 12.5. The van der Waals surface area contributed by atoms with Crippen molar-refractivity contribution in [3.63, 3.8) is 0 Å². The molecule has 2 aromatic rings. The molecule has 0 unspecified atom stereocenters. The maximum absolute atomic E-state index is 11.4. The molecule has 1 heterocycles. The summed E-state index contributed by atoms with van der Waals surface area (Å²) in [4.78, 5) is 14.1. The standard InChI is InChI=1S/C12H8Cl3NO/c1-6-2-7(3-11(17)16-6)12-9(14)4-8(13)5-10(12)15/h2-5H,1H3,(H,16,17). The van der Waals surface area contributed by atoms with Crippen molar-refractivity contribution in [1.82, 2.24) is 4.98 Å². The molecule has 0 amide bonds. The van der Waals surface area contributed by atoms with Crippen LogP contribution in [0.1, 0.15) is 5.69 Å². The van der Waals surface area contributed by atoms with E-state index < -0.39 is 0 Å². The van der Waals surface area contributed by atoms with Crippen LogP contribution in [0.2, 0.25) is 15.1 Å². The normalized spacial score (nSPS) is 10.6. The SMILES string of the molecule is Cc1cc(-c2c(Cl)cc(Cl)cc2Cl)cc(=O)[nH]1. The third kappa shape index (κ3) is 2.65. The average Bonchev–Trinajstić information content (AvgIpc) is 2.13. The second kappa shape index (κ2) is 4.73. The van der Waals surface area contributed by atoms with Gasteiger partial charge in [-0.2, -0.15) is 0 Å². The number of aromatic amines is 1. The van der Waals surface area contributed by atoms with Gasteiger partial charge in [0.25, 0.3) is 0 Å². The largest absolute Gasteiger partial charge is 0.326 e. The minimum Gasteiger partial charge on any atom is -0.326 e. The molecule has 88 valence electrons. The van der Waals surface area contributed by atoms with E-state index in [-0.39, 0.29) is 5.56 Å². The van der Waals surface area contributed by atoms with Crippen LogP contribution in [0.25, 0.3) is 11.1 Å². The number of pyridine rings is 1. The Kier molecular flexibility index (Phi) is 3.48. The molecular weight excluding hydrogens is 280 g/mol. The summed E-state index contributed by atoms with van der Waals surface area (Å²) in [5.74, 6) is 0. The van der Waals surface area contributed by atoms with Gasteiger partial charge in [-0.3, -0.25) is 4.79 Å². The number of benzene rings is 1. The molecule has 0 spiro atoms. The highest BCUT2D eigenvalue weighted by Crippen LogP contribution is 2.36. The number of H-pyrrole nitrogens is 1. The molecule has 0 saturated heterocycles. The first-order chi connectivity index (χ1) is 7.97. The number of halogens is 3. The van der Waals surface area contributed by atoms with E-state index >= 15 is 0 Å². The second-order valence-electron chi connectivity index (χ2n) is 3.66. The Morgan fingerprint density at radius 3 is 2.12 bits per heavy atom. The summed E-state index contributed by atoms with van der Waals surface area (Å²) in [7, 11) is 0. The lowest BCUT2D eigenvalue weighted by atomic mass is 10.1. The smallest absolute Gasteiger partial charge is 0.248 e. The van der Waals surface area contributed by atoms with Gasteiger partial charge in [0.1, 0.15) is 0 Å². The Morgan fingerprint density at radius 1 is 1.00 bits per heavy atom. The molecule has 2 rings (SSSR count). The van der Waals surface area contributed by atoms with E-state index in [9.17, 15) is 4.79 Å². The van der Waals surface area contributed by atoms with Gasteiger partial charge in [0.2, 0.25) is 5.56 Å². The minimum atomic E-state index is -0.193. The van der Waals surface area contributed by atoms with E-state index in [0.29, 0.717) is 26.2 Å². The molecule has 1 N–H and O–H groups in total. The first-order valence-electron chi connectivity index (χ1n) is 4.83. The van der Waals surface area contributed by atoms with E-state index in [4.69, 9.17) is 34.8 Å². The minimum absolute atomic E-state index is 0.193. The van der Waals surface area contributed by atoms with Crippen molar-refractivity contribution in [2.24, 2.45) is 0 Å². The van der Waals surface area contributed by atoms with Crippen molar-refractivity contribution < 1.29 is 0 Å². The van der Waals surface area contributed by atoms with Crippen LogP contribution in [-0.2, 0) is 0 Å². The van der Waals surface area contributed by atoms with Crippen molar-refractivity contribution >= 4 is 34.8 Å². The zero-order valence-electron chi connectivity index (χ0n) is 8.85. The van der Waals surface area contributed by atoms with Crippen molar-refractivity contribution in [1.29, 1.82) is 0 Å². The summed E-state index contributed by atoms with van der Waals surface area (Å²) >= 11 is 18.0. The Balaban J connectivity index is 2.72. The van der Waals surface area contributed by atoms with Gasteiger partial charge in [0.05, 0.1) is 10.0 Å². The van der Waals surface area contributed by atoms with Gasteiger partial charge in [0.15, 0.2) is 0 Å². The van der Waals surface area contributed by atoms with Crippen LogP contribution in [0.3, 0.4) is 0 Å². The first-order valence-corrected chi connectivity index (χ1v) is 5.96. The summed E-state index contributed by atoms with van der Waals surface area (Å²) in [6, 6.07) is 6.46. The highest BCUT2D eigenvalue weighted by atomic mass is 35.5. The van der Waals surface area contributed by atoms with E-state index in [1.54, 1.807) is 19.1 Å². The van der Waals surface area contributed by atoms with Crippen LogP contribution < -0.4 is 5.56 Å². The van der Waals surface area contributed by atoms with E-state index in [1.807, 2.05) is 6.07 Å². The molecule has 1 aromatic heterocycles. The highest BCUT2D eigenvalue weighted by molar-refractivity contribution is 6.41. The zero-order valence-corrected chi connectivity index (χ0v) is 11.1. The number of hydrogen-bond acceptors (Lipinski definition) is 1. The third-order valence-corrected chi connectivity index (χ3v) is 3.09. The summed E-state index contributed by atoms with van der Waals surface area (Å²) in [6.07, 6.45) is 0. The molecule has 0 bridgehead atoms. The molecular formula is C12H8Cl3NO. The molecule has 17 heavy (non-hydrogen) atoms. The molecule has 2 nitrogen and oxygen atoms in total. The van der Waals surface area contributed by atoms with Crippen LogP contribution >= 0.6 is 34.8 Å². The van der Waals surface area contributed by atoms with E-state index in [1.165, 1.54) is 6.07 Å². The van der Waals surface area contributed by atoms with Crippen molar-refractivity contribution in [3.8, 4) is 11.1 Å². The quantitative estimate of drug-likeness (QED) is 0.833. The Hall–Kier alpha value is -0.960. The summed E-state index contributed by atoms with van der Waals surface area (Å²) in [5.41, 5.74) is 1.85. The molecule has 1 aromatic carbocycles. The lowest BCUT2D eigenvalue weighted by Crippen LogP contribution is -2.05. The number of aryl methyl sites for hydroxylation is 1. The van der Waals surface area contributed by atoms with Crippen molar-refractivity contribution in [2.75, 3.05) is 0 Å². The molecule has 0 radical (unpaired) electrons. The Bertz CT molecular complexity index is 611. The summed E-state index contributed by atoms with van der Waals surface area (Å²) in [5, 5.41) is 1.31. The van der Waals surface area contributed by atoms with Crippen LogP contribution in [0.4, 0.5) is 0 Å². The van der Waals surface area contributed by atoms with Crippen LogP contribution in [0.15, 0.2) is 29.1 Å². The predicted octanol–water partition coefficient (Wildman–Crippen LogP) is 4.31. The van der Waals surface area contributed by atoms with Gasteiger partial charge in [0, 0.05) is 22.3 Å². The van der Waals surface area contributed by atoms with Crippen LogP contribution in [0.5, 0.6) is 0 Å². The predicted molar refractivity (Wildman–Crippen MR) is 72.3 cm³/mol. The van der Waals surface area contributed by atoms with Crippen molar-refractivity contribution in [3.05, 3.63) is 55.4 Å². The number of hydrogen-bond donors (Lipinski definition) is 1. The topological polar surface area (TPSA) is 32.9 Å². The number of aromatic nitrogens is 1. The molecule has 0 atom stereocenters. The second-order valence-corrected chi connectivity index (χ2v) is 4.91. The molecule has 0 saturated carbocycles. The average molecular weight is 289 g/mol. The third-order valence-electron chi connectivity index (χ3n) is 2.27. The molecule has 0 aliphatic heterocycles. The number of nitrogens with one attached hydrogen (secondary N) is 1.